The van der Waals surface area contributed by atoms with Crippen LogP contribution >= 0.6 is 0 Å². The van der Waals surface area contributed by atoms with Crippen LogP contribution in [0.2, 0.25) is 0 Å². The molecule has 0 aromatic heterocycles. The first-order chi connectivity index (χ1) is 13.8. The molecule has 0 saturated heterocycles. The fourth-order valence-electron chi connectivity index (χ4n) is 2.56. The smallest absolute Gasteiger partial charge is 0.345 e. The number of carbonyl (C=O) groups is 2. The first-order valence-corrected chi connectivity index (χ1v) is 10.3. The van der Waals surface area contributed by atoms with Crippen molar-refractivity contribution >= 4 is 26.7 Å². The molecule has 148 valence electrons. The number of esters is 1. The fourth-order valence-corrected chi connectivity index (χ4v) is 3.52. The molecule has 3 rings (SSSR count). The van der Waals surface area contributed by atoms with Gasteiger partial charge in [0.2, 0.25) is 0 Å². The summed E-state index contributed by atoms with van der Waals surface area (Å²) in [6.07, 6.45) is 0. The van der Waals surface area contributed by atoms with Gasteiger partial charge < -0.3 is 10.1 Å². The number of benzene rings is 3. The first kappa shape index (κ1) is 20.3. The number of aryl methyl sites for hydroxylation is 2. The summed E-state index contributed by atoms with van der Waals surface area (Å²) >= 11 is 0. The van der Waals surface area contributed by atoms with Crippen LogP contribution in [0.15, 0.2) is 77.7 Å². The average molecular weight is 409 g/mol. The molecular formula is C22H19NO5S. The molecule has 0 aliphatic heterocycles. The van der Waals surface area contributed by atoms with Crippen molar-refractivity contribution in [2.24, 2.45) is 0 Å². The minimum atomic E-state index is -4.21. The summed E-state index contributed by atoms with van der Waals surface area (Å²) < 4.78 is 30.3. The van der Waals surface area contributed by atoms with E-state index in [0.717, 1.165) is 11.1 Å². The molecule has 3 aromatic carbocycles. The predicted molar refractivity (Wildman–Crippen MR) is 110 cm³/mol. The highest BCUT2D eigenvalue weighted by atomic mass is 32.2. The zero-order chi connectivity index (χ0) is 21.0. The Hall–Kier alpha value is -3.45. The van der Waals surface area contributed by atoms with E-state index in [1.54, 1.807) is 24.3 Å². The Kier molecular flexibility index (Phi) is 5.79. The van der Waals surface area contributed by atoms with E-state index in [0.29, 0.717) is 5.75 Å². The van der Waals surface area contributed by atoms with Gasteiger partial charge in [0.25, 0.3) is 9.84 Å². The van der Waals surface area contributed by atoms with Crippen molar-refractivity contribution < 1.29 is 22.7 Å². The third-order valence-corrected chi connectivity index (χ3v) is 5.70. The van der Waals surface area contributed by atoms with Crippen LogP contribution < -0.4 is 10.1 Å². The van der Waals surface area contributed by atoms with Gasteiger partial charge in [0.1, 0.15) is 5.75 Å². The lowest BCUT2D eigenvalue weighted by Crippen LogP contribution is -2.22. The number of hydrogen-bond donors (Lipinski definition) is 1. The quantitative estimate of drug-likeness (QED) is 0.505. The van der Waals surface area contributed by atoms with Gasteiger partial charge in [0, 0.05) is 5.69 Å². The maximum Gasteiger partial charge on any atom is 0.345 e. The molecule has 0 aliphatic carbocycles. The van der Waals surface area contributed by atoms with Crippen LogP contribution in [0.25, 0.3) is 0 Å². The number of nitrogens with one attached hydrogen (secondary N) is 1. The minimum Gasteiger partial charge on any atom is -0.423 e. The van der Waals surface area contributed by atoms with Gasteiger partial charge in [-0.1, -0.05) is 42.0 Å². The molecule has 3 aromatic rings. The number of anilines is 1. The van der Waals surface area contributed by atoms with Crippen LogP contribution in [0.5, 0.6) is 5.75 Å². The molecule has 7 heteroatoms. The third kappa shape index (κ3) is 4.70. The van der Waals surface area contributed by atoms with Crippen molar-refractivity contribution in [1.29, 1.82) is 0 Å². The number of amides is 1. The maximum absolute atomic E-state index is 12.4. The predicted octanol–water partition coefficient (Wildman–Crippen LogP) is 4.53. The van der Waals surface area contributed by atoms with E-state index < -0.39 is 21.0 Å². The summed E-state index contributed by atoms with van der Waals surface area (Å²) in [4.78, 5) is 24.6. The summed E-state index contributed by atoms with van der Waals surface area (Å²) in [5, 5.41) is 1.16. The molecule has 0 bridgehead atoms. The Bertz CT molecular complexity index is 1170. The van der Waals surface area contributed by atoms with E-state index in [1.807, 2.05) is 26.0 Å². The van der Waals surface area contributed by atoms with E-state index in [9.17, 15) is 18.0 Å². The average Bonchev–Trinajstić information content (AvgIpc) is 2.70. The Morgan fingerprint density at radius 2 is 1.55 bits per heavy atom. The normalized spacial score (nSPS) is 11.0. The molecule has 0 aliphatic rings. The van der Waals surface area contributed by atoms with Crippen LogP contribution in [0, 0.1) is 13.8 Å². The van der Waals surface area contributed by atoms with Crippen molar-refractivity contribution in [3.8, 4) is 5.75 Å². The highest BCUT2D eigenvalue weighted by Gasteiger charge is 2.25. The van der Waals surface area contributed by atoms with Crippen molar-refractivity contribution in [1.82, 2.24) is 0 Å². The molecule has 0 saturated carbocycles. The van der Waals surface area contributed by atoms with E-state index in [4.69, 9.17) is 4.74 Å². The summed E-state index contributed by atoms with van der Waals surface area (Å²) in [5.74, 6) is -0.189. The van der Waals surface area contributed by atoms with Gasteiger partial charge in [-0.3, -0.25) is 4.79 Å². The molecule has 0 radical (unpaired) electrons. The highest BCUT2D eigenvalue weighted by molar-refractivity contribution is 8.06. The lowest BCUT2D eigenvalue weighted by atomic mass is 10.2. The van der Waals surface area contributed by atoms with E-state index in [2.05, 4.69) is 5.32 Å². The molecule has 6 nitrogen and oxygen atoms in total. The molecule has 0 spiro atoms. The van der Waals surface area contributed by atoms with Crippen LogP contribution in [0.3, 0.4) is 0 Å². The van der Waals surface area contributed by atoms with Crippen LogP contribution in [-0.4, -0.2) is 19.6 Å². The van der Waals surface area contributed by atoms with Crippen molar-refractivity contribution in [2.45, 2.75) is 18.7 Å². The first-order valence-electron chi connectivity index (χ1n) is 8.78. The second-order valence-corrected chi connectivity index (χ2v) is 8.31. The fraction of sp³-hybridized carbons (Fsp3) is 0.0909. The van der Waals surface area contributed by atoms with Gasteiger partial charge in [-0.05, 0) is 55.8 Å². The second kappa shape index (κ2) is 8.28. The largest absolute Gasteiger partial charge is 0.423 e. The topological polar surface area (TPSA) is 89.5 Å². The lowest BCUT2D eigenvalue weighted by molar-refractivity contribution is 0.0733. The summed E-state index contributed by atoms with van der Waals surface area (Å²) in [5.41, 5.74) is 2.03. The SMILES string of the molecule is Cc1ccc(S(=O)(=O)C(=O)Nc2cccc(C(=O)Oc3ccccc3C)c2)cc1. The molecule has 0 unspecified atom stereocenters. The maximum atomic E-state index is 12.4. The van der Waals surface area contributed by atoms with Gasteiger partial charge in [-0.25, -0.2) is 13.2 Å². The van der Waals surface area contributed by atoms with Gasteiger partial charge >= 0.3 is 11.2 Å². The molecule has 0 heterocycles. The molecule has 1 N–H and O–H groups in total. The number of hydrogen-bond acceptors (Lipinski definition) is 5. The van der Waals surface area contributed by atoms with Crippen LogP contribution in [0.1, 0.15) is 21.5 Å². The van der Waals surface area contributed by atoms with Gasteiger partial charge in [-0.2, -0.15) is 0 Å². The molecule has 0 atom stereocenters. The molecule has 29 heavy (non-hydrogen) atoms. The second-order valence-electron chi connectivity index (χ2n) is 6.46. The van der Waals surface area contributed by atoms with Crippen molar-refractivity contribution in [3.05, 3.63) is 89.5 Å². The zero-order valence-electron chi connectivity index (χ0n) is 15.9. The minimum absolute atomic E-state index is 0.101. The zero-order valence-corrected chi connectivity index (χ0v) is 16.7. The van der Waals surface area contributed by atoms with Crippen LogP contribution in [0.4, 0.5) is 10.5 Å². The molecule has 0 fully saturated rings. The Labute approximate surface area is 169 Å². The van der Waals surface area contributed by atoms with Gasteiger partial charge in [0.15, 0.2) is 0 Å². The van der Waals surface area contributed by atoms with Crippen LogP contribution in [-0.2, 0) is 9.84 Å². The molecular weight excluding hydrogens is 390 g/mol. The van der Waals surface area contributed by atoms with E-state index >= 15 is 0 Å². The standard InChI is InChI=1S/C22H19NO5S/c1-15-10-12-19(13-11-15)29(26,27)22(25)23-18-8-5-7-17(14-18)21(24)28-20-9-4-3-6-16(20)2/h3-14H,1-2H3,(H,23,25). The number of rotatable bonds is 4. The summed E-state index contributed by atoms with van der Waals surface area (Å²) in [6.45, 7) is 3.63. The number of ether oxygens (including phenoxy) is 1. The monoisotopic (exact) mass is 409 g/mol. The van der Waals surface area contributed by atoms with E-state index in [-0.39, 0.29) is 16.1 Å². The summed E-state index contributed by atoms with van der Waals surface area (Å²) in [7, 11) is -4.21. The third-order valence-electron chi connectivity index (χ3n) is 4.22. The number of sulfone groups is 1. The lowest BCUT2D eigenvalue weighted by Gasteiger charge is -2.09. The Morgan fingerprint density at radius 1 is 0.862 bits per heavy atom. The number of para-hydroxylation sites is 1. The van der Waals surface area contributed by atoms with Gasteiger partial charge in [-0.15, -0.1) is 0 Å². The Balaban J connectivity index is 1.77. The van der Waals surface area contributed by atoms with Crippen molar-refractivity contribution in [3.63, 3.8) is 0 Å². The number of carbonyl (C=O) groups excluding carboxylic acids is 2. The van der Waals surface area contributed by atoms with Crippen molar-refractivity contribution in [2.75, 3.05) is 5.32 Å². The van der Waals surface area contributed by atoms with Gasteiger partial charge in [0.05, 0.1) is 10.5 Å². The van der Waals surface area contributed by atoms with E-state index in [1.165, 1.54) is 36.4 Å². The highest BCUT2D eigenvalue weighted by Crippen LogP contribution is 2.20. The summed E-state index contributed by atoms with van der Waals surface area (Å²) in [6, 6.07) is 19.0. The molecule has 1 amide bonds. The Morgan fingerprint density at radius 3 is 2.24 bits per heavy atom.